The number of anilines is 1. The molecule has 0 aromatic heterocycles. The van der Waals surface area contributed by atoms with E-state index in [0.29, 0.717) is 26.5 Å². The zero-order valence-electron chi connectivity index (χ0n) is 12.8. The maximum absolute atomic E-state index is 12.1. The first-order valence-corrected chi connectivity index (χ1v) is 8.32. The maximum Gasteiger partial charge on any atom is 0.340 e. The van der Waals surface area contributed by atoms with Gasteiger partial charge in [-0.05, 0) is 53.2 Å². The highest BCUT2D eigenvalue weighted by molar-refractivity contribution is 9.10. The molecule has 0 atom stereocenters. The molecule has 0 saturated carbocycles. The number of amides is 1. The molecular formula is C17H15BrClNO4. The van der Waals surface area contributed by atoms with Gasteiger partial charge in [-0.15, -0.1) is 0 Å². The SMILES string of the molecule is CCOC(=O)c1ccccc1NC(=O)COc1ccc(Cl)cc1Br. The van der Waals surface area contributed by atoms with Crippen molar-refractivity contribution >= 4 is 45.1 Å². The highest BCUT2D eigenvalue weighted by Crippen LogP contribution is 2.28. The van der Waals surface area contributed by atoms with E-state index in [1.54, 1.807) is 49.4 Å². The van der Waals surface area contributed by atoms with Crippen molar-refractivity contribution in [3.05, 3.63) is 57.5 Å². The second-order valence-corrected chi connectivity index (χ2v) is 5.97. The molecule has 126 valence electrons. The average Bonchev–Trinajstić information content (AvgIpc) is 2.54. The lowest BCUT2D eigenvalue weighted by Gasteiger charge is -2.11. The van der Waals surface area contributed by atoms with Gasteiger partial charge in [0.05, 0.1) is 22.3 Å². The average molecular weight is 413 g/mol. The number of esters is 1. The number of benzene rings is 2. The number of hydrogen-bond donors (Lipinski definition) is 1. The van der Waals surface area contributed by atoms with Crippen LogP contribution < -0.4 is 10.1 Å². The number of carbonyl (C=O) groups excluding carboxylic acids is 2. The van der Waals surface area contributed by atoms with Crippen LogP contribution in [-0.4, -0.2) is 25.1 Å². The largest absolute Gasteiger partial charge is 0.483 e. The molecule has 7 heteroatoms. The minimum atomic E-state index is -0.491. The van der Waals surface area contributed by atoms with Crippen LogP contribution in [0.2, 0.25) is 5.02 Å². The Morgan fingerprint density at radius 3 is 2.67 bits per heavy atom. The summed E-state index contributed by atoms with van der Waals surface area (Å²) in [5.74, 6) is -0.392. The molecule has 1 N–H and O–H groups in total. The van der Waals surface area contributed by atoms with Gasteiger partial charge in [-0.3, -0.25) is 4.79 Å². The first kappa shape index (κ1) is 18.3. The minimum absolute atomic E-state index is 0.211. The van der Waals surface area contributed by atoms with E-state index in [2.05, 4.69) is 21.2 Å². The summed E-state index contributed by atoms with van der Waals surface area (Å²) < 4.78 is 11.1. The monoisotopic (exact) mass is 411 g/mol. The number of rotatable bonds is 6. The molecule has 0 spiro atoms. The Morgan fingerprint density at radius 1 is 1.21 bits per heavy atom. The lowest BCUT2D eigenvalue weighted by atomic mass is 10.2. The molecule has 2 aromatic carbocycles. The molecule has 0 heterocycles. The van der Waals surface area contributed by atoms with Gasteiger partial charge in [0.1, 0.15) is 5.75 Å². The third kappa shape index (κ3) is 4.97. The van der Waals surface area contributed by atoms with Crippen LogP contribution in [-0.2, 0) is 9.53 Å². The predicted octanol–water partition coefficient (Wildman–Crippen LogP) is 4.30. The molecule has 0 fully saturated rings. The molecule has 0 radical (unpaired) electrons. The lowest BCUT2D eigenvalue weighted by Crippen LogP contribution is -2.22. The van der Waals surface area contributed by atoms with Gasteiger partial charge < -0.3 is 14.8 Å². The van der Waals surface area contributed by atoms with Crippen molar-refractivity contribution in [1.29, 1.82) is 0 Å². The third-order valence-corrected chi connectivity index (χ3v) is 3.80. The predicted molar refractivity (Wildman–Crippen MR) is 95.7 cm³/mol. The van der Waals surface area contributed by atoms with Gasteiger partial charge in [0.2, 0.25) is 0 Å². The van der Waals surface area contributed by atoms with Crippen LogP contribution in [0, 0.1) is 0 Å². The zero-order valence-corrected chi connectivity index (χ0v) is 15.2. The summed E-state index contributed by atoms with van der Waals surface area (Å²) in [6, 6.07) is 11.6. The van der Waals surface area contributed by atoms with Gasteiger partial charge in [-0.25, -0.2) is 4.79 Å². The first-order chi connectivity index (χ1) is 11.5. The Bertz CT molecular complexity index is 751. The van der Waals surface area contributed by atoms with Gasteiger partial charge in [0.25, 0.3) is 5.91 Å². The Kier molecular flexibility index (Phi) is 6.63. The van der Waals surface area contributed by atoms with E-state index < -0.39 is 11.9 Å². The van der Waals surface area contributed by atoms with Crippen molar-refractivity contribution < 1.29 is 19.1 Å². The molecule has 5 nitrogen and oxygen atoms in total. The van der Waals surface area contributed by atoms with Crippen molar-refractivity contribution in [2.24, 2.45) is 0 Å². The minimum Gasteiger partial charge on any atom is -0.483 e. The summed E-state index contributed by atoms with van der Waals surface area (Å²) in [7, 11) is 0. The summed E-state index contributed by atoms with van der Waals surface area (Å²) in [5.41, 5.74) is 0.667. The van der Waals surface area contributed by atoms with Crippen LogP contribution in [0.4, 0.5) is 5.69 Å². The van der Waals surface area contributed by atoms with Crippen LogP contribution in [0.1, 0.15) is 17.3 Å². The number of para-hydroxylation sites is 1. The van der Waals surface area contributed by atoms with E-state index in [0.717, 1.165) is 0 Å². The molecule has 0 unspecified atom stereocenters. The topological polar surface area (TPSA) is 64.6 Å². The summed E-state index contributed by atoms with van der Waals surface area (Å²) in [5, 5.41) is 3.20. The summed E-state index contributed by atoms with van der Waals surface area (Å²) in [6.07, 6.45) is 0. The highest BCUT2D eigenvalue weighted by Gasteiger charge is 2.14. The van der Waals surface area contributed by atoms with Gasteiger partial charge in [0.15, 0.2) is 6.61 Å². The van der Waals surface area contributed by atoms with E-state index in [4.69, 9.17) is 21.1 Å². The second kappa shape index (κ2) is 8.70. The molecule has 1 amide bonds. The molecule has 0 aliphatic rings. The number of nitrogens with one attached hydrogen (secondary N) is 1. The second-order valence-electron chi connectivity index (χ2n) is 4.68. The van der Waals surface area contributed by atoms with Crippen molar-refractivity contribution in [2.75, 3.05) is 18.5 Å². The fourth-order valence-corrected chi connectivity index (χ4v) is 2.70. The van der Waals surface area contributed by atoms with Crippen LogP contribution in [0.5, 0.6) is 5.75 Å². The van der Waals surface area contributed by atoms with E-state index in [-0.39, 0.29) is 13.2 Å². The van der Waals surface area contributed by atoms with Crippen molar-refractivity contribution in [1.82, 2.24) is 0 Å². The quantitative estimate of drug-likeness (QED) is 0.719. The number of hydrogen-bond acceptors (Lipinski definition) is 4. The number of carbonyl (C=O) groups is 2. The summed E-state index contributed by atoms with van der Waals surface area (Å²) in [4.78, 5) is 23.9. The summed E-state index contributed by atoms with van der Waals surface area (Å²) >= 11 is 9.16. The lowest BCUT2D eigenvalue weighted by molar-refractivity contribution is -0.118. The molecule has 0 aliphatic carbocycles. The van der Waals surface area contributed by atoms with Crippen LogP contribution in [0.25, 0.3) is 0 Å². The highest BCUT2D eigenvalue weighted by atomic mass is 79.9. The van der Waals surface area contributed by atoms with Crippen molar-refractivity contribution in [3.63, 3.8) is 0 Å². The number of halogens is 2. The van der Waals surface area contributed by atoms with Crippen molar-refractivity contribution in [2.45, 2.75) is 6.92 Å². The Balaban J connectivity index is 2.01. The number of ether oxygens (including phenoxy) is 2. The van der Waals surface area contributed by atoms with E-state index in [1.165, 1.54) is 0 Å². The standard InChI is InChI=1S/C17H15BrClNO4/c1-2-23-17(22)12-5-3-4-6-14(12)20-16(21)10-24-15-8-7-11(19)9-13(15)18/h3-9H,2,10H2,1H3,(H,20,21). The molecular weight excluding hydrogens is 398 g/mol. The Hall–Kier alpha value is -2.05. The van der Waals surface area contributed by atoms with Crippen LogP contribution in [0.15, 0.2) is 46.9 Å². The van der Waals surface area contributed by atoms with E-state index in [1.807, 2.05) is 0 Å². The molecule has 0 aliphatic heterocycles. The zero-order chi connectivity index (χ0) is 17.5. The fraction of sp³-hybridized carbons (Fsp3) is 0.176. The maximum atomic E-state index is 12.1. The van der Waals surface area contributed by atoms with Gasteiger partial charge in [-0.2, -0.15) is 0 Å². The molecule has 0 bridgehead atoms. The smallest absolute Gasteiger partial charge is 0.340 e. The van der Waals surface area contributed by atoms with E-state index in [9.17, 15) is 9.59 Å². The Morgan fingerprint density at radius 2 is 1.96 bits per heavy atom. The van der Waals surface area contributed by atoms with Crippen LogP contribution in [0.3, 0.4) is 0 Å². The fourth-order valence-electron chi connectivity index (χ4n) is 1.90. The first-order valence-electron chi connectivity index (χ1n) is 7.15. The Labute approximate surface area is 153 Å². The van der Waals surface area contributed by atoms with Crippen molar-refractivity contribution in [3.8, 4) is 5.75 Å². The normalized spacial score (nSPS) is 10.1. The summed E-state index contributed by atoms with van der Waals surface area (Å²) in [6.45, 7) is 1.77. The molecule has 24 heavy (non-hydrogen) atoms. The van der Waals surface area contributed by atoms with Gasteiger partial charge in [0, 0.05) is 5.02 Å². The molecule has 0 saturated heterocycles. The van der Waals surface area contributed by atoms with E-state index >= 15 is 0 Å². The van der Waals surface area contributed by atoms with Gasteiger partial charge >= 0.3 is 5.97 Å². The van der Waals surface area contributed by atoms with Crippen LogP contribution >= 0.6 is 27.5 Å². The molecule has 2 rings (SSSR count). The molecule has 2 aromatic rings. The third-order valence-electron chi connectivity index (χ3n) is 2.95. The van der Waals surface area contributed by atoms with Gasteiger partial charge in [-0.1, -0.05) is 23.7 Å².